The van der Waals surface area contributed by atoms with E-state index in [4.69, 9.17) is 23.8 Å². The highest BCUT2D eigenvalue weighted by molar-refractivity contribution is 7.80. The molecule has 0 aliphatic heterocycles. The maximum Gasteiger partial charge on any atom is 0.176 e. The minimum atomic E-state index is -0.360. The highest BCUT2D eigenvalue weighted by Gasteiger charge is 2.12. The molecule has 158 valence electrons. The summed E-state index contributed by atoms with van der Waals surface area (Å²) >= 11 is 11.5. The zero-order valence-electron chi connectivity index (χ0n) is 16.7. The molecule has 0 bridgehead atoms. The van der Waals surface area contributed by atoms with Gasteiger partial charge in [-0.25, -0.2) is 4.39 Å². The van der Waals surface area contributed by atoms with E-state index in [1.54, 1.807) is 23.0 Å². The summed E-state index contributed by atoms with van der Waals surface area (Å²) in [6.45, 7) is 2.79. The van der Waals surface area contributed by atoms with Crippen molar-refractivity contribution in [1.29, 1.82) is 0 Å². The zero-order chi connectivity index (χ0) is 21.8. The summed E-state index contributed by atoms with van der Waals surface area (Å²) in [5.74, 6) is 0.195. The molecule has 0 atom stereocenters. The average Bonchev–Trinajstić information content (AvgIpc) is 3.31. The van der Waals surface area contributed by atoms with Crippen molar-refractivity contribution < 1.29 is 4.39 Å². The summed E-state index contributed by atoms with van der Waals surface area (Å²) in [6.07, 6.45) is 3.59. The van der Waals surface area contributed by atoms with Gasteiger partial charge >= 0.3 is 0 Å². The van der Waals surface area contributed by atoms with Crippen molar-refractivity contribution in [2.45, 2.75) is 20.0 Å². The molecule has 2 N–H and O–H groups in total. The Bertz CT molecular complexity index is 1180. The second kappa shape index (κ2) is 9.28. The molecule has 0 spiro atoms. The first kappa shape index (κ1) is 21.0. The Kier molecular flexibility index (Phi) is 6.29. The van der Waals surface area contributed by atoms with Gasteiger partial charge in [0.25, 0.3) is 0 Å². The summed E-state index contributed by atoms with van der Waals surface area (Å²) in [7, 11) is 0. The number of halogens is 2. The minimum absolute atomic E-state index is 0.228. The SMILES string of the molecule is Cc1cc(NC(=S)Nc2cnn(Cc3ccccc3)c2)nn1Cc1c(F)cccc1Cl. The third kappa shape index (κ3) is 5.28. The molecule has 4 rings (SSSR count). The number of hydrogen-bond donors (Lipinski definition) is 2. The smallest absolute Gasteiger partial charge is 0.176 e. The Balaban J connectivity index is 1.38. The van der Waals surface area contributed by atoms with Gasteiger partial charge in [-0.2, -0.15) is 10.2 Å². The van der Waals surface area contributed by atoms with Gasteiger partial charge in [0.05, 0.1) is 25.0 Å². The monoisotopic (exact) mass is 454 g/mol. The Morgan fingerprint density at radius 3 is 2.68 bits per heavy atom. The molecule has 0 aliphatic rings. The van der Waals surface area contributed by atoms with E-state index >= 15 is 0 Å². The molecular weight excluding hydrogens is 435 g/mol. The second-order valence-corrected chi connectivity index (χ2v) is 7.84. The third-order valence-corrected chi connectivity index (χ3v) is 5.23. The maximum absolute atomic E-state index is 14.1. The third-order valence-electron chi connectivity index (χ3n) is 4.67. The van der Waals surface area contributed by atoms with E-state index in [0.717, 1.165) is 16.9 Å². The molecule has 2 heterocycles. The van der Waals surface area contributed by atoms with E-state index in [-0.39, 0.29) is 12.4 Å². The predicted octanol–water partition coefficient (Wildman–Crippen LogP) is 5.09. The highest BCUT2D eigenvalue weighted by atomic mass is 35.5. The van der Waals surface area contributed by atoms with E-state index in [0.29, 0.717) is 28.1 Å². The van der Waals surface area contributed by atoms with E-state index in [1.165, 1.54) is 6.07 Å². The van der Waals surface area contributed by atoms with Crippen molar-refractivity contribution in [2.75, 3.05) is 10.6 Å². The van der Waals surface area contributed by atoms with Crippen molar-refractivity contribution in [2.24, 2.45) is 0 Å². The summed E-state index contributed by atoms with van der Waals surface area (Å²) in [5.41, 5.74) is 3.17. The minimum Gasteiger partial charge on any atom is -0.330 e. The van der Waals surface area contributed by atoms with Crippen LogP contribution in [0.15, 0.2) is 67.0 Å². The first-order valence-corrected chi connectivity index (χ1v) is 10.4. The molecule has 9 heteroatoms. The van der Waals surface area contributed by atoms with Crippen LogP contribution in [-0.4, -0.2) is 24.7 Å². The van der Waals surface area contributed by atoms with Crippen LogP contribution in [0.1, 0.15) is 16.8 Å². The van der Waals surface area contributed by atoms with Crippen LogP contribution in [0, 0.1) is 12.7 Å². The van der Waals surface area contributed by atoms with Crippen LogP contribution in [0.2, 0.25) is 5.02 Å². The Morgan fingerprint density at radius 2 is 1.90 bits per heavy atom. The molecule has 0 aliphatic carbocycles. The van der Waals surface area contributed by atoms with Gasteiger partial charge in [0.1, 0.15) is 5.82 Å². The van der Waals surface area contributed by atoms with Crippen LogP contribution < -0.4 is 10.6 Å². The van der Waals surface area contributed by atoms with Gasteiger partial charge in [0, 0.05) is 28.5 Å². The molecule has 0 saturated carbocycles. The van der Waals surface area contributed by atoms with Crippen LogP contribution in [0.25, 0.3) is 0 Å². The molecule has 31 heavy (non-hydrogen) atoms. The molecule has 2 aromatic heterocycles. The number of hydrogen-bond acceptors (Lipinski definition) is 3. The lowest BCUT2D eigenvalue weighted by atomic mass is 10.2. The molecule has 6 nitrogen and oxygen atoms in total. The van der Waals surface area contributed by atoms with Crippen LogP contribution >= 0.6 is 23.8 Å². The molecule has 4 aromatic rings. The molecular formula is C22H20ClFN6S. The summed E-state index contributed by atoms with van der Waals surface area (Å²) < 4.78 is 17.6. The van der Waals surface area contributed by atoms with Crippen molar-refractivity contribution in [1.82, 2.24) is 19.6 Å². The Labute approximate surface area is 189 Å². The number of aryl methyl sites for hydroxylation is 1. The van der Waals surface area contributed by atoms with Gasteiger partial charge in [-0.3, -0.25) is 9.36 Å². The first-order chi connectivity index (χ1) is 15.0. The van der Waals surface area contributed by atoms with E-state index in [1.807, 2.05) is 54.2 Å². The molecule has 0 radical (unpaired) electrons. The molecule has 0 unspecified atom stereocenters. The fraction of sp³-hybridized carbons (Fsp3) is 0.136. The highest BCUT2D eigenvalue weighted by Crippen LogP contribution is 2.21. The van der Waals surface area contributed by atoms with Gasteiger partial charge in [-0.05, 0) is 36.8 Å². The van der Waals surface area contributed by atoms with Crippen molar-refractivity contribution >= 4 is 40.4 Å². The number of nitrogens with one attached hydrogen (secondary N) is 2. The summed E-state index contributed by atoms with van der Waals surface area (Å²) in [6, 6.07) is 16.5. The quantitative estimate of drug-likeness (QED) is 0.397. The Morgan fingerprint density at radius 1 is 1.10 bits per heavy atom. The molecule has 2 aromatic carbocycles. The standard InChI is InChI=1S/C22H20ClFN6S/c1-15-10-21(28-30(15)14-18-19(23)8-5-9-20(18)24)27-22(31)26-17-11-25-29(13-17)12-16-6-3-2-4-7-16/h2-11,13H,12,14H2,1H3,(H2,26,27,28,31). The lowest BCUT2D eigenvalue weighted by Gasteiger charge is -2.08. The first-order valence-electron chi connectivity index (χ1n) is 9.59. The fourth-order valence-corrected chi connectivity index (χ4v) is 3.57. The number of thiocarbonyl (C=S) groups is 1. The number of rotatable bonds is 6. The number of aromatic nitrogens is 4. The van der Waals surface area contributed by atoms with Crippen molar-refractivity contribution in [3.05, 3.63) is 94.7 Å². The molecule has 0 saturated heterocycles. The average molecular weight is 455 g/mol. The van der Waals surface area contributed by atoms with Crippen molar-refractivity contribution in [3.8, 4) is 0 Å². The van der Waals surface area contributed by atoms with Crippen molar-refractivity contribution in [3.63, 3.8) is 0 Å². The van der Waals surface area contributed by atoms with E-state index in [2.05, 4.69) is 20.8 Å². The predicted molar refractivity (Wildman–Crippen MR) is 125 cm³/mol. The van der Waals surface area contributed by atoms with Gasteiger partial charge in [0.15, 0.2) is 10.9 Å². The number of nitrogens with zero attached hydrogens (tertiary/aromatic N) is 4. The Hall–Kier alpha value is -3.23. The second-order valence-electron chi connectivity index (χ2n) is 7.02. The van der Waals surface area contributed by atoms with Crippen LogP contribution in [0.3, 0.4) is 0 Å². The van der Waals surface area contributed by atoms with Crippen LogP contribution in [0.4, 0.5) is 15.9 Å². The van der Waals surface area contributed by atoms with E-state index in [9.17, 15) is 4.39 Å². The number of anilines is 2. The largest absolute Gasteiger partial charge is 0.330 e. The van der Waals surface area contributed by atoms with Crippen LogP contribution in [0.5, 0.6) is 0 Å². The molecule has 0 fully saturated rings. The fourth-order valence-electron chi connectivity index (χ4n) is 3.13. The van der Waals surface area contributed by atoms with E-state index < -0.39 is 0 Å². The lowest BCUT2D eigenvalue weighted by Crippen LogP contribution is -2.19. The summed E-state index contributed by atoms with van der Waals surface area (Å²) in [4.78, 5) is 0. The molecule has 0 amide bonds. The van der Waals surface area contributed by atoms with Gasteiger partial charge < -0.3 is 10.6 Å². The normalized spacial score (nSPS) is 10.8. The van der Waals surface area contributed by atoms with Gasteiger partial charge in [-0.1, -0.05) is 48.0 Å². The topological polar surface area (TPSA) is 59.7 Å². The van der Waals surface area contributed by atoms with Gasteiger partial charge in [0.2, 0.25) is 0 Å². The number of benzene rings is 2. The summed E-state index contributed by atoms with van der Waals surface area (Å²) in [5, 5.41) is 15.7. The van der Waals surface area contributed by atoms with Gasteiger partial charge in [-0.15, -0.1) is 0 Å². The van der Waals surface area contributed by atoms with Crippen LogP contribution in [-0.2, 0) is 13.1 Å². The lowest BCUT2D eigenvalue weighted by molar-refractivity contribution is 0.581. The maximum atomic E-state index is 14.1. The zero-order valence-corrected chi connectivity index (χ0v) is 18.3.